The topological polar surface area (TPSA) is 46.5 Å². The zero-order valence-electron chi connectivity index (χ0n) is 13.2. The van der Waals surface area contributed by atoms with Crippen molar-refractivity contribution in [3.8, 4) is 18.1 Å². The van der Waals surface area contributed by atoms with Crippen molar-refractivity contribution in [1.29, 1.82) is 0 Å². The minimum absolute atomic E-state index is 0.0551. The van der Waals surface area contributed by atoms with Crippen molar-refractivity contribution < 1.29 is 27.8 Å². The van der Waals surface area contributed by atoms with Gasteiger partial charge >= 0.3 is 6.18 Å². The zero-order chi connectivity index (χ0) is 19.3. The number of aliphatic hydroxyl groups is 1. The number of hydrogen-bond donors (Lipinski definition) is 1. The van der Waals surface area contributed by atoms with Crippen LogP contribution in [0.2, 0.25) is 5.02 Å². The van der Waals surface area contributed by atoms with Gasteiger partial charge in [-0.3, -0.25) is 4.79 Å². The summed E-state index contributed by atoms with van der Waals surface area (Å²) in [4.78, 5) is 12.4. The van der Waals surface area contributed by atoms with Gasteiger partial charge in [-0.2, -0.15) is 13.2 Å². The molecule has 0 amide bonds. The van der Waals surface area contributed by atoms with Gasteiger partial charge in [0.15, 0.2) is 5.78 Å². The number of ether oxygens (including phenoxy) is 1. The second-order valence-electron chi connectivity index (χ2n) is 5.10. The maximum Gasteiger partial charge on any atom is 0.416 e. The summed E-state index contributed by atoms with van der Waals surface area (Å²) in [5, 5.41) is 10.3. The number of ketones is 1. The number of carbonyl (C=O) groups excluding carboxylic acids is 1. The van der Waals surface area contributed by atoms with Crippen LogP contribution in [0.25, 0.3) is 5.76 Å². The maximum atomic E-state index is 12.6. The molecule has 2 aromatic rings. The van der Waals surface area contributed by atoms with Crippen LogP contribution in [-0.2, 0) is 6.18 Å². The highest BCUT2D eigenvalue weighted by molar-refractivity contribution is 6.31. The van der Waals surface area contributed by atoms with Gasteiger partial charge in [0.25, 0.3) is 0 Å². The number of benzene rings is 2. The summed E-state index contributed by atoms with van der Waals surface area (Å²) >= 11 is 5.87. The third-order valence-electron chi connectivity index (χ3n) is 3.29. The van der Waals surface area contributed by atoms with Gasteiger partial charge in [0.2, 0.25) is 0 Å². The van der Waals surface area contributed by atoms with Gasteiger partial charge in [0.05, 0.1) is 11.1 Å². The van der Waals surface area contributed by atoms with E-state index >= 15 is 0 Å². The Bertz CT molecular complexity index is 878. The van der Waals surface area contributed by atoms with Crippen molar-refractivity contribution in [3.63, 3.8) is 0 Å². The van der Waals surface area contributed by atoms with Crippen LogP contribution in [0.4, 0.5) is 13.2 Å². The molecule has 2 rings (SSSR count). The second kappa shape index (κ2) is 7.98. The molecule has 2 aromatic carbocycles. The fourth-order valence-electron chi connectivity index (χ4n) is 2.06. The summed E-state index contributed by atoms with van der Waals surface area (Å²) < 4.78 is 42.9. The van der Waals surface area contributed by atoms with Crippen molar-refractivity contribution in [3.05, 3.63) is 70.3 Å². The van der Waals surface area contributed by atoms with Gasteiger partial charge in [-0.15, -0.1) is 6.42 Å². The van der Waals surface area contributed by atoms with Crippen molar-refractivity contribution in [1.82, 2.24) is 0 Å². The summed E-state index contributed by atoms with van der Waals surface area (Å²) in [6, 6.07) is 8.05. The van der Waals surface area contributed by atoms with Crippen molar-refractivity contribution in [2.45, 2.75) is 6.18 Å². The molecule has 0 bridgehead atoms. The molecule has 0 aliphatic rings. The van der Waals surface area contributed by atoms with E-state index in [1.165, 1.54) is 18.2 Å². The minimum atomic E-state index is -4.49. The van der Waals surface area contributed by atoms with E-state index in [1.807, 2.05) is 0 Å². The molecule has 0 radical (unpaired) electrons. The Labute approximate surface area is 152 Å². The Hall–Kier alpha value is -2.91. The molecule has 0 aliphatic carbocycles. The first-order chi connectivity index (χ1) is 12.2. The summed E-state index contributed by atoms with van der Waals surface area (Å²) in [6.07, 6.45) is 1.50. The van der Waals surface area contributed by atoms with Gasteiger partial charge in [0.1, 0.15) is 18.1 Å². The van der Waals surface area contributed by atoms with E-state index in [0.29, 0.717) is 0 Å². The third kappa shape index (κ3) is 4.80. The Morgan fingerprint density at radius 1 is 1.23 bits per heavy atom. The lowest BCUT2D eigenvalue weighted by atomic mass is 10.1. The minimum Gasteiger partial charge on any atom is -0.507 e. The van der Waals surface area contributed by atoms with E-state index in [1.54, 1.807) is 0 Å². The summed E-state index contributed by atoms with van der Waals surface area (Å²) in [5.41, 5.74) is -0.745. The number of rotatable bonds is 5. The molecule has 134 valence electrons. The first kappa shape index (κ1) is 19.4. The van der Waals surface area contributed by atoms with E-state index in [-0.39, 0.29) is 28.5 Å². The SMILES string of the molecule is C#CCOc1ccc(Cl)cc1C(=O)/C=C(\O)c1ccc(C(F)(F)F)cc1. The molecule has 26 heavy (non-hydrogen) atoms. The smallest absolute Gasteiger partial charge is 0.416 e. The van der Waals surface area contributed by atoms with E-state index in [0.717, 1.165) is 30.3 Å². The molecule has 7 heteroatoms. The Kier molecular flexibility index (Phi) is 5.96. The maximum absolute atomic E-state index is 12.6. The first-order valence-electron chi connectivity index (χ1n) is 7.21. The number of hydrogen-bond acceptors (Lipinski definition) is 3. The van der Waals surface area contributed by atoms with E-state index in [2.05, 4.69) is 5.92 Å². The van der Waals surface area contributed by atoms with Crippen LogP contribution in [-0.4, -0.2) is 17.5 Å². The van der Waals surface area contributed by atoms with E-state index < -0.39 is 23.3 Å². The number of halogens is 4. The highest BCUT2D eigenvalue weighted by atomic mass is 35.5. The number of alkyl halides is 3. The lowest BCUT2D eigenvalue weighted by Gasteiger charge is -2.09. The monoisotopic (exact) mass is 380 g/mol. The van der Waals surface area contributed by atoms with Crippen LogP contribution in [0.3, 0.4) is 0 Å². The first-order valence-corrected chi connectivity index (χ1v) is 7.58. The lowest BCUT2D eigenvalue weighted by Crippen LogP contribution is -2.05. The fraction of sp³-hybridized carbons (Fsp3) is 0.105. The Balaban J connectivity index is 2.30. The average Bonchev–Trinajstić information content (AvgIpc) is 2.59. The van der Waals surface area contributed by atoms with Crippen LogP contribution < -0.4 is 4.74 Å². The van der Waals surface area contributed by atoms with Crippen LogP contribution in [0, 0.1) is 12.3 Å². The molecule has 0 saturated heterocycles. The van der Waals surface area contributed by atoms with Crippen molar-refractivity contribution >= 4 is 23.1 Å². The molecule has 0 unspecified atom stereocenters. The van der Waals surface area contributed by atoms with Crippen molar-refractivity contribution in [2.24, 2.45) is 0 Å². The number of terminal acetylenes is 1. The fourth-order valence-corrected chi connectivity index (χ4v) is 2.23. The Morgan fingerprint density at radius 3 is 2.46 bits per heavy atom. The molecule has 1 N–H and O–H groups in total. The Morgan fingerprint density at radius 2 is 1.88 bits per heavy atom. The average molecular weight is 381 g/mol. The summed E-state index contributed by atoms with van der Waals surface area (Å²) in [6.45, 7) is -0.0729. The van der Waals surface area contributed by atoms with E-state index in [9.17, 15) is 23.1 Å². The molecular weight excluding hydrogens is 369 g/mol. The predicted molar refractivity (Wildman–Crippen MR) is 92.2 cm³/mol. The third-order valence-corrected chi connectivity index (χ3v) is 3.53. The number of carbonyl (C=O) groups is 1. The van der Waals surface area contributed by atoms with Crippen LogP contribution in [0.15, 0.2) is 48.5 Å². The van der Waals surface area contributed by atoms with Gasteiger partial charge in [-0.05, 0) is 30.3 Å². The van der Waals surface area contributed by atoms with E-state index in [4.69, 9.17) is 22.8 Å². The summed E-state index contributed by atoms with van der Waals surface area (Å²) in [5.74, 6) is 1.30. The highest BCUT2D eigenvalue weighted by Gasteiger charge is 2.30. The zero-order valence-corrected chi connectivity index (χ0v) is 13.9. The molecule has 0 spiro atoms. The molecule has 0 aliphatic heterocycles. The van der Waals surface area contributed by atoms with Gasteiger partial charge in [-0.1, -0.05) is 29.7 Å². The molecule has 0 atom stereocenters. The number of aliphatic hydroxyl groups excluding tert-OH is 1. The van der Waals surface area contributed by atoms with Gasteiger partial charge < -0.3 is 9.84 Å². The second-order valence-corrected chi connectivity index (χ2v) is 5.54. The highest BCUT2D eigenvalue weighted by Crippen LogP contribution is 2.30. The van der Waals surface area contributed by atoms with Crippen LogP contribution in [0.5, 0.6) is 5.75 Å². The molecule has 0 saturated carbocycles. The molecule has 0 fully saturated rings. The van der Waals surface area contributed by atoms with Gasteiger partial charge in [0, 0.05) is 16.7 Å². The molecule has 0 aromatic heterocycles. The van der Waals surface area contributed by atoms with Crippen molar-refractivity contribution in [2.75, 3.05) is 6.61 Å². The lowest BCUT2D eigenvalue weighted by molar-refractivity contribution is -0.137. The van der Waals surface area contributed by atoms with Crippen LogP contribution in [0.1, 0.15) is 21.5 Å². The largest absolute Gasteiger partial charge is 0.507 e. The quantitative estimate of drug-likeness (QED) is 0.337. The normalized spacial score (nSPS) is 11.7. The van der Waals surface area contributed by atoms with Crippen LogP contribution >= 0.6 is 11.6 Å². The number of allylic oxidation sites excluding steroid dienone is 1. The molecule has 0 heterocycles. The molecular formula is C19H12ClF3O3. The molecule has 3 nitrogen and oxygen atoms in total. The summed E-state index contributed by atoms with van der Waals surface area (Å²) in [7, 11) is 0. The standard InChI is InChI=1S/C19H12ClF3O3/c1-2-9-26-18-8-7-14(20)10-15(18)17(25)11-16(24)12-3-5-13(6-4-12)19(21,22)23/h1,3-8,10-11,24H,9H2/b16-11-. The van der Waals surface area contributed by atoms with Gasteiger partial charge in [-0.25, -0.2) is 0 Å². The predicted octanol–water partition coefficient (Wildman–Crippen LogP) is 5.15.